The molecule has 0 aromatic carbocycles. The van der Waals surface area contributed by atoms with Gasteiger partial charge in [-0.1, -0.05) is 20.3 Å². The van der Waals surface area contributed by atoms with E-state index in [0.717, 1.165) is 32.1 Å². The Labute approximate surface area is 111 Å². The normalized spacial score (nSPS) is 14.4. The highest BCUT2D eigenvalue weighted by Gasteiger charge is 2.14. The lowest BCUT2D eigenvalue weighted by Gasteiger charge is -2.22. The molecule has 0 aliphatic rings. The number of hydrogen-bond donors (Lipinski definition) is 1. The molecule has 0 amide bonds. The molecule has 0 aliphatic heterocycles. The molecule has 1 heterocycles. The number of ether oxygens (including phenoxy) is 1. The van der Waals surface area contributed by atoms with Crippen molar-refractivity contribution in [1.82, 2.24) is 9.55 Å². The lowest BCUT2D eigenvalue weighted by atomic mass is 10.0. The minimum Gasteiger partial charge on any atom is -0.382 e. The van der Waals surface area contributed by atoms with Crippen LogP contribution in [-0.4, -0.2) is 29.3 Å². The molecule has 1 aromatic heterocycles. The van der Waals surface area contributed by atoms with E-state index in [9.17, 15) is 0 Å². The largest absolute Gasteiger partial charge is 0.382 e. The second kappa shape index (κ2) is 8.14. The number of imidazole rings is 1. The van der Waals surface area contributed by atoms with E-state index in [4.69, 9.17) is 4.74 Å². The third kappa shape index (κ3) is 4.33. The molecule has 0 bridgehead atoms. The molecule has 4 nitrogen and oxygen atoms in total. The highest BCUT2D eigenvalue weighted by molar-refractivity contribution is 5.26. The maximum Gasteiger partial charge on any atom is 0.203 e. The predicted molar refractivity (Wildman–Crippen MR) is 76.0 cm³/mol. The van der Waals surface area contributed by atoms with Crippen molar-refractivity contribution in [2.75, 3.05) is 25.1 Å². The van der Waals surface area contributed by atoms with Gasteiger partial charge in [0.2, 0.25) is 5.95 Å². The molecule has 0 saturated heterocycles. The van der Waals surface area contributed by atoms with E-state index in [1.165, 1.54) is 6.42 Å². The molecule has 0 fully saturated rings. The second-order valence-electron chi connectivity index (χ2n) is 4.76. The van der Waals surface area contributed by atoms with Crippen LogP contribution in [0.5, 0.6) is 0 Å². The molecule has 18 heavy (non-hydrogen) atoms. The second-order valence-corrected chi connectivity index (χ2v) is 4.76. The molecular weight excluding hydrogens is 226 g/mol. The first-order chi connectivity index (χ1) is 8.70. The van der Waals surface area contributed by atoms with Gasteiger partial charge in [-0.05, 0) is 26.2 Å². The van der Waals surface area contributed by atoms with Gasteiger partial charge in [0.25, 0.3) is 0 Å². The number of nitrogens with zero attached hydrogens (tertiary/aromatic N) is 2. The van der Waals surface area contributed by atoms with Crippen molar-refractivity contribution < 1.29 is 4.74 Å². The number of anilines is 1. The zero-order chi connectivity index (χ0) is 13.4. The van der Waals surface area contributed by atoms with Crippen LogP contribution in [0.15, 0.2) is 12.4 Å². The van der Waals surface area contributed by atoms with Crippen LogP contribution in [0.3, 0.4) is 0 Å². The Morgan fingerprint density at radius 1 is 1.39 bits per heavy atom. The summed E-state index contributed by atoms with van der Waals surface area (Å²) in [6.07, 6.45) is 6.12. The van der Waals surface area contributed by atoms with E-state index >= 15 is 0 Å². The van der Waals surface area contributed by atoms with Gasteiger partial charge in [0.05, 0.1) is 0 Å². The van der Waals surface area contributed by atoms with Crippen molar-refractivity contribution in [1.29, 1.82) is 0 Å². The van der Waals surface area contributed by atoms with Gasteiger partial charge in [0.15, 0.2) is 0 Å². The van der Waals surface area contributed by atoms with Crippen LogP contribution in [-0.2, 0) is 4.74 Å². The summed E-state index contributed by atoms with van der Waals surface area (Å²) in [6, 6.07) is 0.479. The lowest BCUT2D eigenvalue weighted by molar-refractivity contribution is 0.147. The highest BCUT2D eigenvalue weighted by atomic mass is 16.5. The summed E-state index contributed by atoms with van der Waals surface area (Å²) in [6.45, 7) is 11.3. The first kappa shape index (κ1) is 15.0. The van der Waals surface area contributed by atoms with Crippen LogP contribution in [0.2, 0.25) is 0 Å². The van der Waals surface area contributed by atoms with Gasteiger partial charge in [-0.15, -0.1) is 0 Å². The van der Waals surface area contributed by atoms with Gasteiger partial charge in [-0.2, -0.15) is 0 Å². The Morgan fingerprint density at radius 3 is 2.83 bits per heavy atom. The number of nitrogens with one attached hydrogen (secondary N) is 1. The van der Waals surface area contributed by atoms with Gasteiger partial charge >= 0.3 is 0 Å². The van der Waals surface area contributed by atoms with Crippen LogP contribution in [0.4, 0.5) is 5.95 Å². The van der Waals surface area contributed by atoms with E-state index in [1.807, 2.05) is 13.1 Å². The van der Waals surface area contributed by atoms with Crippen molar-refractivity contribution in [3.63, 3.8) is 0 Å². The third-order valence-electron chi connectivity index (χ3n) is 3.53. The van der Waals surface area contributed by atoms with Crippen molar-refractivity contribution >= 4 is 5.95 Å². The van der Waals surface area contributed by atoms with E-state index < -0.39 is 0 Å². The topological polar surface area (TPSA) is 39.1 Å². The highest BCUT2D eigenvalue weighted by Crippen LogP contribution is 2.23. The van der Waals surface area contributed by atoms with E-state index in [1.54, 1.807) is 0 Å². The lowest BCUT2D eigenvalue weighted by Crippen LogP contribution is -2.17. The molecule has 1 N–H and O–H groups in total. The van der Waals surface area contributed by atoms with Crippen molar-refractivity contribution in [2.45, 2.75) is 46.6 Å². The number of aromatic nitrogens is 2. The zero-order valence-electron chi connectivity index (χ0n) is 12.1. The quantitative estimate of drug-likeness (QED) is 0.686. The fourth-order valence-electron chi connectivity index (χ4n) is 1.91. The first-order valence-electron chi connectivity index (χ1n) is 7.05. The molecule has 2 atom stereocenters. The minimum atomic E-state index is 0.479. The molecule has 104 valence electrons. The summed E-state index contributed by atoms with van der Waals surface area (Å²) in [5, 5.41) is 3.38. The van der Waals surface area contributed by atoms with Gasteiger partial charge in [0, 0.05) is 38.2 Å². The Balaban J connectivity index is 2.44. The average molecular weight is 253 g/mol. The van der Waals surface area contributed by atoms with Crippen LogP contribution in [0, 0.1) is 5.92 Å². The van der Waals surface area contributed by atoms with Crippen molar-refractivity contribution in [2.24, 2.45) is 5.92 Å². The molecule has 0 saturated carbocycles. The summed E-state index contributed by atoms with van der Waals surface area (Å²) in [5.41, 5.74) is 0. The molecule has 1 rings (SSSR count). The average Bonchev–Trinajstić information content (AvgIpc) is 2.85. The molecule has 1 aromatic rings. The van der Waals surface area contributed by atoms with Crippen LogP contribution in [0.25, 0.3) is 0 Å². The summed E-state index contributed by atoms with van der Waals surface area (Å²) in [4.78, 5) is 4.38. The van der Waals surface area contributed by atoms with Crippen LogP contribution < -0.4 is 5.32 Å². The van der Waals surface area contributed by atoms with E-state index in [0.29, 0.717) is 12.0 Å². The zero-order valence-corrected chi connectivity index (χ0v) is 12.1. The summed E-state index contributed by atoms with van der Waals surface area (Å²) in [5.74, 6) is 1.63. The maximum atomic E-state index is 5.32. The molecule has 0 spiro atoms. The fraction of sp³-hybridized carbons (Fsp3) is 0.786. The Bertz CT molecular complexity index is 325. The summed E-state index contributed by atoms with van der Waals surface area (Å²) in [7, 11) is 0. The van der Waals surface area contributed by atoms with Crippen LogP contribution >= 0.6 is 0 Å². The Hall–Kier alpha value is -1.03. The monoisotopic (exact) mass is 253 g/mol. The minimum absolute atomic E-state index is 0.479. The smallest absolute Gasteiger partial charge is 0.203 e. The van der Waals surface area contributed by atoms with Crippen molar-refractivity contribution in [3.05, 3.63) is 12.4 Å². The fourth-order valence-corrected chi connectivity index (χ4v) is 1.91. The van der Waals surface area contributed by atoms with Gasteiger partial charge in [-0.3, -0.25) is 0 Å². The first-order valence-corrected chi connectivity index (χ1v) is 7.05. The molecular formula is C14H27N3O. The summed E-state index contributed by atoms with van der Waals surface area (Å²) >= 11 is 0. The Morgan fingerprint density at radius 2 is 2.17 bits per heavy atom. The predicted octanol–water partition coefficient (Wildman–Crippen LogP) is 3.33. The SMILES string of the molecule is CCOCCCNc1nccn1C(C)C(C)CC. The molecule has 0 radical (unpaired) electrons. The molecule has 4 heteroatoms. The number of hydrogen-bond acceptors (Lipinski definition) is 3. The van der Waals surface area contributed by atoms with Crippen molar-refractivity contribution in [3.8, 4) is 0 Å². The standard InChI is InChI=1S/C14H27N3O/c1-5-12(3)13(4)17-10-9-16-14(17)15-8-7-11-18-6-2/h9-10,12-13H,5-8,11H2,1-4H3,(H,15,16). The third-order valence-corrected chi connectivity index (χ3v) is 3.53. The van der Waals surface area contributed by atoms with Gasteiger partial charge < -0.3 is 14.6 Å². The Kier molecular flexibility index (Phi) is 6.80. The summed E-state index contributed by atoms with van der Waals surface area (Å²) < 4.78 is 7.55. The van der Waals surface area contributed by atoms with E-state index in [2.05, 4.69) is 41.8 Å². The maximum absolute atomic E-state index is 5.32. The molecule has 2 unspecified atom stereocenters. The number of rotatable bonds is 9. The van der Waals surface area contributed by atoms with Crippen LogP contribution in [0.1, 0.15) is 46.6 Å². The van der Waals surface area contributed by atoms with Gasteiger partial charge in [-0.25, -0.2) is 4.98 Å². The molecule has 0 aliphatic carbocycles. The van der Waals surface area contributed by atoms with E-state index in [-0.39, 0.29) is 0 Å². The van der Waals surface area contributed by atoms with Gasteiger partial charge in [0.1, 0.15) is 0 Å².